The van der Waals surface area contributed by atoms with Crippen molar-refractivity contribution >= 4 is 29.1 Å². The number of nitrogens with one attached hydrogen (secondary N) is 1. The molecule has 1 saturated carbocycles. The Balaban J connectivity index is 1.58. The van der Waals surface area contributed by atoms with Crippen molar-refractivity contribution in [1.82, 2.24) is 0 Å². The van der Waals surface area contributed by atoms with E-state index >= 15 is 0 Å². The lowest BCUT2D eigenvalue weighted by atomic mass is 9.81. The highest BCUT2D eigenvalue weighted by Crippen LogP contribution is 2.40. The minimum atomic E-state index is -0.269. The predicted molar refractivity (Wildman–Crippen MR) is 98.8 cm³/mol. The topological polar surface area (TPSA) is 66.5 Å². The number of imide groups is 1. The third kappa shape index (κ3) is 2.90. The summed E-state index contributed by atoms with van der Waals surface area (Å²) in [5, 5.41) is 2.82. The molecule has 2 aromatic rings. The van der Waals surface area contributed by atoms with E-state index in [1.165, 1.54) is 4.90 Å². The molecule has 26 heavy (non-hydrogen) atoms. The Hall–Kier alpha value is -2.95. The van der Waals surface area contributed by atoms with Gasteiger partial charge in [0.25, 0.3) is 5.91 Å². The van der Waals surface area contributed by atoms with E-state index in [9.17, 15) is 14.4 Å². The minimum Gasteiger partial charge on any atom is -0.322 e. The average molecular weight is 348 g/mol. The molecular formula is C21H20N2O3. The van der Waals surface area contributed by atoms with Gasteiger partial charge in [0.2, 0.25) is 11.8 Å². The highest BCUT2D eigenvalue weighted by Gasteiger charge is 2.48. The highest BCUT2D eigenvalue weighted by atomic mass is 16.2. The molecule has 0 aromatic heterocycles. The third-order valence-electron chi connectivity index (χ3n) is 5.24. The molecule has 5 nitrogen and oxygen atoms in total. The molecule has 5 heteroatoms. The van der Waals surface area contributed by atoms with Crippen LogP contribution in [0.2, 0.25) is 0 Å². The van der Waals surface area contributed by atoms with Crippen LogP contribution in [0.25, 0.3) is 0 Å². The quantitative estimate of drug-likeness (QED) is 0.862. The van der Waals surface area contributed by atoms with Crippen LogP contribution in [0.1, 0.15) is 36.0 Å². The van der Waals surface area contributed by atoms with Crippen molar-refractivity contribution in [2.24, 2.45) is 11.8 Å². The molecule has 1 aliphatic carbocycles. The van der Waals surface area contributed by atoms with Crippen LogP contribution in [0.3, 0.4) is 0 Å². The van der Waals surface area contributed by atoms with Gasteiger partial charge in [-0.15, -0.1) is 0 Å². The number of carbonyl (C=O) groups excluding carboxylic acids is 3. The second kappa shape index (κ2) is 6.75. The minimum absolute atomic E-state index is 0.125. The first-order valence-corrected chi connectivity index (χ1v) is 8.99. The maximum atomic E-state index is 12.7. The van der Waals surface area contributed by atoms with Crippen LogP contribution < -0.4 is 10.2 Å². The SMILES string of the molecule is O=C(Nc1ccccc1)c1cccc(N2C(=O)C3CCCCC3C2=O)c1. The number of benzene rings is 2. The van der Waals surface area contributed by atoms with Crippen LogP contribution >= 0.6 is 0 Å². The van der Waals surface area contributed by atoms with Gasteiger partial charge in [0.05, 0.1) is 17.5 Å². The van der Waals surface area contributed by atoms with Crippen molar-refractivity contribution < 1.29 is 14.4 Å². The van der Waals surface area contributed by atoms with Gasteiger partial charge in [-0.3, -0.25) is 19.3 Å². The smallest absolute Gasteiger partial charge is 0.255 e. The molecular weight excluding hydrogens is 328 g/mol. The molecule has 2 unspecified atom stereocenters. The van der Waals surface area contributed by atoms with E-state index in [1.54, 1.807) is 36.4 Å². The number of hydrogen-bond donors (Lipinski definition) is 1. The molecule has 1 saturated heterocycles. The summed E-state index contributed by atoms with van der Waals surface area (Å²) in [6, 6.07) is 15.9. The van der Waals surface area contributed by atoms with Crippen molar-refractivity contribution in [2.75, 3.05) is 10.2 Å². The lowest BCUT2D eigenvalue weighted by Gasteiger charge is -2.19. The van der Waals surface area contributed by atoms with E-state index in [1.807, 2.05) is 18.2 Å². The lowest BCUT2D eigenvalue weighted by molar-refractivity contribution is -0.122. The second-order valence-corrected chi connectivity index (χ2v) is 6.88. The van der Waals surface area contributed by atoms with Crippen molar-refractivity contribution in [3.05, 3.63) is 60.2 Å². The third-order valence-corrected chi connectivity index (χ3v) is 5.24. The van der Waals surface area contributed by atoms with Gasteiger partial charge in [0, 0.05) is 11.3 Å². The molecule has 1 N–H and O–H groups in total. The lowest BCUT2D eigenvalue weighted by Crippen LogP contribution is -2.31. The Morgan fingerprint density at radius 2 is 1.54 bits per heavy atom. The summed E-state index contributed by atoms with van der Waals surface area (Å²) >= 11 is 0. The molecule has 1 aliphatic heterocycles. The van der Waals surface area contributed by atoms with Crippen LogP contribution in [0, 0.1) is 11.8 Å². The Labute approximate surface area is 152 Å². The Kier molecular flexibility index (Phi) is 4.29. The number of para-hydroxylation sites is 1. The zero-order valence-electron chi connectivity index (χ0n) is 14.4. The zero-order chi connectivity index (χ0) is 18.1. The molecule has 0 spiro atoms. The number of hydrogen-bond acceptors (Lipinski definition) is 3. The van der Waals surface area contributed by atoms with E-state index in [-0.39, 0.29) is 29.6 Å². The molecule has 4 rings (SSSR count). The number of amides is 3. The summed E-state index contributed by atoms with van der Waals surface area (Å²) in [4.78, 5) is 39.2. The van der Waals surface area contributed by atoms with Gasteiger partial charge in [-0.25, -0.2) is 0 Å². The van der Waals surface area contributed by atoms with E-state index in [4.69, 9.17) is 0 Å². The Bertz CT molecular complexity index is 839. The first-order chi connectivity index (χ1) is 12.6. The maximum Gasteiger partial charge on any atom is 0.255 e. The van der Waals surface area contributed by atoms with E-state index in [0.717, 1.165) is 25.7 Å². The number of nitrogens with zero attached hydrogens (tertiary/aromatic N) is 1. The van der Waals surface area contributed by atoms with Crippen LogP contribution in [-0.4, -0.2) is 17.7 Å². The molecule has 2 fully saturated rings. The fourth-order valence-electron chi connectivity index (χ4n) is 3.93. The normalized spacial score (nSPS) is 22.2. The van der Waals surface area contributed by atoms with Gasteiger partial charge in [-0.05, 0) is 43.2 Å². The summed E-state index contributed by atoms with van der Waals surface area (Å²) in [6.45, 7) is 0. The van der Waals surface area contributed by atoms with Crippen molar-refractivity contribution in [3.63, 3.8) is 0 Å². The zero-order valence-corrected chi connectivity index (χ0v) is 14.4. The summed E-state index contributed by atoms with van der Waals surface area (Å²) in [6.07, 6.45) is 3.54. The summed E-state index contributed by atoms with van der Waals surface area (Å²) in [5.74, 6) is -0.911. The molecule has 0 radical (unpaired) electrons. The van der Waals surface area contributed by atoms with Gasteiger partial charge >= 0.3 is 0 Å². The highest BCUT2D eigenvalue weighted by molar-refractivity contribution is 6.22. The Morgan fingerprint density at radius 1 is 0.885 bits per heavy atom. The summed E-state index contributed by atoms with van der Waals surface area (Å²) in [5.41, 5.74) is 1.60. The van der Waals surface area contributed by atoms with Crippen molar-refractivity contribution in [2.45, 2.75) is 25.7 Å². The van der Waals surface area contributed by atoms with Gasteiger partial charge in [-0.1, -0.05) is 37.1 Å². The van der Waals surface area contributed by atoms with E-state index in [2.05, 4.69) is 5.32 Å². The molecule has 2 aromatic carbocycles. The summed E-state index contributed by atoms with van der Waals surface area (Å²) < 4.78 is 0. The van der Waals surface area contributed by atoms with Gasteiger partial charge in [0.1, 0.15) is 0 Å². The molecule has 2 atom stereocenters. The van der Waals surface area contributed by atoms with Gasteiger partial charge in [-0.2, -0.15) is 0 Å². The van der Waals surface area contributed by atoms with E-state index in [0.29, 0.717) is 16.9 Å². The molecule has 0 bridgehead atoms. The first kappa shape index (κ1) is 16.5. The predicted octanol–water partition coefficient (Wildman–Crippen LogP) is 3.62. The fraction of sp³-hybridized carbons (Fsp3) is 0.286. The fourth-order valence-corrected chi connectivity index (χ4v) is 3.93. The standard InChI is InChI=1S/C21H20N2O3/c24-19(22-15-8-2-1-3-9-15)14-7-6-10-16(13-14)23-20(25)17-11-4-5-12-18(17)21(23)26/h1-3,6-10,13,17-18H,4-5,11-12H2,(H,22,24). The second-order valence-electron chi connectivity index (χ2n) is 6.88. The molecule has 1 heterocycles. The maximum absolute atomic E-state index is 12.7. The van der Waals surface area contributed by atoms with Crippen molar-refractivity contribution in [1.29, 1.82) is 0 Å². The van der Waals surface area contributed by atoms with Gasteiger partial charge < -0.3 is 5.32 Å². The van der Waals surface area contributed by atoms with Crippen LogP contribution in [0.4, 0.5) is 11.4 Å². The summed E-state index contributed by atoms with van der Waals surface area (Å²) in [7, 11) is 0. The molecule has 132 valence electrons. The van der Waals surface area contributed by atoms with E-state index < -0.39 is 0 Å². The first-order valence-electron chi connectivity index (χ1n) is 8.99. The number of carbonyl (C=O) groups is 3. The largest absolute Gasteiger partial charge is 0.322 e. The molecule has 2 aliphatic rings. The number of anilines is 2. The van der Waals surface area contributed by atoms with Crippen LogP contribution in [0.5, 0.6) is 0 Å². The Morgan fingerprint density at radius 3 is 2.19 bits per heavy atom. The van der Waals surface area contributed by atoms with Gasteiger partial charge in [0.15, 0.2) is 0 Å². The molecule has 3 amide bonds. The van der Waals surface area contributed by atoms with Crippen LogP contribution in [-0.2, 0) is 9.59 Å². The number of fused-ring (bicyclic) bond motifs is 1. The number of rotatable bonds is 3. The van der Waals surface area contributed by atoms with Crippen LogP contribution in [0.15, 0.2) is 54.6 Å². The monoisotopic (exact) mass is 348 g/mol. The average Bonchev–Trinajstić information content (AvgIpc) is 2.94. The van der Waals surface area contributed by atoms with Crippen molar-refractivity contribution in [3.8, 4) is 0 Å².